The van der Waals surface area contributed by atoms with Crippen LogP contribution in [0.15, 0.2) is 0 Å². The third-order valence-corrected chi connectivity index (χ3v) is 4.52. The smallest absolute Gasteiger partial charge is 0.188 e. The van der Waals surface area contributed by atoms with E-state index < -0.39 is 18.1 Å². The maximum Gasteiger partial charge on any atom is 0.188 e. The van der Waals surface area contributed by atoms with E-state index in [1.807, 2.05) is 13.3 Å². The lowest BCUT2D eigenvalue weighted by atomic mass is 10.5. The van der Waals surface area contributed by atoms with Gasteiger partial charge in [-0.05, 0) is 32.5 Å². The van der Waals surface area contributed by atoms with Crippen LogP contribution in [0.2, 0.25) is 19.6 Å². The average Bonchev–Trinajstić information content (AvgIpc) is 2.01. The lowest BCUT2D eigenvalue weighted by molar-refractivity contribution is 0.232. The highest BCUT2D eigenvalue weighted by molar-refractivity contribution is 6.70. The zero-order valence-electron chi connectivity index (χ0n) is 9.59. The van der Waals surface area contributed by atoms with Crippen molar-refractivity contribution in [1.29, 1.82) is 0 Å². The maximum atomic E-state index is 6.00. The van der Waals surface area contributed by atoms with Crippen LogP contribution in [0.5, 0.6) is 0 Å². The van der Waals surface area contributed by atoms with Crippen LogP contribution < -0.4 is 0 Å². The number of hydrogen-bond donors (Lipinski definition) is 0. The van der Waals surface area contributed by atoms with Crippen LogP contribution in [0.25, 0.3) is 0 Å². The third kappa shape index (κ3) is 8.68. The summed E-state index contributed by atoms with van der Waals surface area (Å²) < 4.78 is 11.6. The van der Waals surface area contributed by atoms with Crippen molar-refractivity contribution in [2.75, 3.05) is 6.61 Å². The summed E-state index contributed by atoms with van der Waals surface area (Å²) in [6, 6.07) is 0. The molecule has 0 amide bonds. The Hall–Kier alpha value is 0.354. The van der Waals surface area contributed by atoms with Gasteiger partial charge in [-0.2, -0.15) is 0 Å². The molecule has 0 aliphatic carbocycles. The van der Waals surface area contributed by atoms with Crippen molar-refractivity contribution in [3.8, 4) is 0 Å². The van der Waals surface area contributed by atoms with Gasteiger partial charge in [-0.15, -0.1) is 0 Å². The minimum atomic E-state index is -1.36. The summed E-state index contributed by atoms with van der Waals surface area (Å²) in [5.74, 6) is 0. The number of rotatable bonds is 7. The monoisotopic (exact) mass is 219 g/mol. The van der Waals surface area contributed by atoms with E-state index in [-0.39, 0.29) is 0 Å². The Bertz CT molecular complexity index is 123. The van der Waals surface area contributed by atoms with E-state index in [0.717, 1.165) is 13.0 Å². The second-order valence-corrected chi connectivity index (χ2v) is 10.3. The molecule has 0 bridgehead atoms. The van der Waals surface area contributed by atoms with Crippen molar-refractivity contribution < 1.29 is 8.85 Å². The fourth-order valence-corrected chi connectivity index (χ4v) is 4.86. The van der Waals surface area contributed by atoms with Crippen molar-refractivity contribution in [3.63, 3.8) is 0 Å². The Balaban J connectivity index is 3.63. The molecule has 0 spiro atoms. The summed E-state index contributed by atoms with van der Waals surface area (Å²) in [7, 11) is -1.84. The first-order chi connectivity index (χ1) is 5.99. The van der Waals surface area contributed by atoms with E-state index in [2.05, 4.69) is 26.6 Å². The molecule has 0 N–H and O–H groups in total. The van der Waals surface area contributed by atoms with Crippen LogP contribution in [0.3, 0.4) is 0 Å². The second-order valence-electron chi connectivity index (χ2n) is 4.21. The molecule has 0 rings (SSSR count). The van der Waals surface area contributed by atoms with Gasteiger partial charge < -0.3 is 8.85 Å². The molecular formula is C9H23O2Si2. The molecule has 1 atom stereocenters. The van der Waals surface area contributed by atoms with E-state index in [9.17, 15) is 0 Å². The molecule has 0 aromatic carbocycles. The van der Waals surface area contributed by atoms with Gasteiger partial charge in [0.2, 0.25) is 0 Å². The van der Waals surface area contributed by atoms with Crippen LogP contribution in [-0.2, 0) is 8.85 Å². The summed E-state index contributed by atoms with van der Waals surface area (Å²) >= 11 is 0. The molecule has 0 aromatic heterocycles. The summed E-state index contributed by atoms with van der Waals surface area (Å²) in [5, 5.41) is 0. The Morgan fingerprint density at radius 2 is 2.00 bits per heavy atom. The minimum Gasteiger partial charge on any atom is -0.421 e. The highest BCUT2D eigenvalue weighted by Crippen LogP contribution is 2.09. The average molecular weight is 219 g/mol. The molecule has 2 nitrogen and oxygen atoms in total. The predicted octanol–water partition coefficient (Wildman–Crippen LogP) is 1.90. The molecule has 79 valence electrons. The standard InChI is InChI=1S/C9H23O2Si2/c1-6-8-10-12-9(7-2)11-13(3,4)5/h6,9H,7-8,12H2,1-5H3. The van der Waals surface area contributed by atoms with Crippen molar-refractivity contribution >= 4 is 18.1 Å². The third-order valence-electron chi connectivity index (χ3n) is 1.56. The van der Waals surface area contributed by atoms with Gasteiger partial charge in [0.1, 0.15) is 0 Å². The summed E-state index contributed by atoms with van der Waals surface area (Å²) in [4.78, 5) is 0. The Morgan fingerprint density at radius 1 is 1.38 bits per heavy atom. The van der Waals surface area contributed by atoms with Crippen LogP contribution in [0, 0.1) is 6.42 Å². The highest BCUT2D eigenvalue weighted by Gasteiger charge is 2.20. The topological polar surface area (TPSA) is 18.5 Å². The first kappa shape index (κ1) is 13.4. The quantitative estimate of drug-likeness (QED) is 0.481. The van der Waals surface area contributed by atoms with E-state index in [1.165, 1.54) is 0 Å². The molecule has 0 heterocycles. The summed E-state index contributed by atoms with van der Waals surface area (Å²) in [5.41, 5.74) is 0.423. The van der Waals surface area contributed by atoms with Crippen LogP contribution in [0.1, 0.15) is 20.3 Å². The SMILES string of the molecule is C[CH]CO[SiH2]C(CC)O[Si](C)(C)C. The van der Waals surface area contributed by atoms with Gasteiger partial charge in [0.05, 0.1) is 5.73 Å². The molecule has 0 aliphatic heterocycles. The van der Waals surface area contributed by atoms with Gasteiger partial charge in [0.15, 0.2) is 18.1 Å². The Kier molecular flexibility index (Phi) is 6.94. The molecule has 4 heteroatoms. The fourth-order valence-electron chi connectivity index (χ4n) is 1.05. The van der Waals surface area contributed by atoms with E-state index >= 15 is 0 Å². The fraction of sp³-hybridized carbons (Fsp3) is 0.889. The molecule has 0 aromatic rings. The normalized spacial score (nSPS) is 15.5. The zero-order valence-corrected chi connectivity index (χ0v) is 12.0. The summed E-state index contributed by atoms with van der Waals surface area (Å²) in [6.07, 6.45) is 3.15. The van der Waals surface area contributed by atoms with Gasteiger partial charge in [-0.25, -0.2) is 0 Å². The van der Waals surface area contributed by atoms with E-state index in [1.54, 1.807) is 0 Å². The maximum absolute atomic E-state index is 6.00. The van der Waals surface area contributed by atoms with Gasteiger partial charge in [-0.3, -0.25) is 0 Å². The number of hydrogen-bond acceptors (Lipinski definition) is 2. The molecule has 1 radical (unpaired) electrons. The molecule has 0 fully saturated rings. The Morgan fingerprint density at radius 3 is 2.38 bits per heavy atom. The Labute approximate surface area is 86.1 Å². The van der Waals surface area contributed by atoms with E-state index in [4.69, 9.17) is 8.85 Å². The molecule has 0 saturated heterocycles. The van der Waals surface area contributed by atoms with Gasteiger partial charge in [0.25, 0.3) is 0 Å². The minimum absolute atomic E-state index is 0.423. The van der Waals surface area contributed by atoms with Crippen LogP contribution in [-0.4, -0.2) is 30.4 Å². The molecular weight excluding hydrogens is 196 g/mol. The molecule has 0 saturated carbocycles. The predicted molar refractivity (Wildman–Crippen MR) is 63.0 cm³/mol. The lowest BCUT2D eigenvalue weighted by Crippen LogP contribution is -2.35. The highest BCUT2D eigenvalue weighted by atomic mass is 28.4. The lowest BCUT2D eigenvalue weighted by Gasteiger charge is -2.24. The van der Waals surface area contributed by atoms with Crippen LogP contribution >= 0.6 is 0 Å². The van der Waals surface area contributed by atoms with Crippen LogP contribution in [0.4, 0.5) is 0 Å². The van der Waals surface area contributed by atoms with Gasteiger partial charge >= 0.3 is 0 Å². The van der Waals surface area contributed by atoms with Crippen molar-refractivity contribution in [2.45, 2.75) is 45.6 Å². The zero-order chi connectivity index (χ0) is 10.3. The molecule has 0 aliphatic rings. The second kappa shape index (κ2) is 6.76. The summed E-state index contributed by atoms with van der Waals surface area (Å²) in [6.45, 7) is 11.7. The van der Waals surface area contributed by atoms with Gasteiger partial charge in [-0.1, -0.05) is 13.8 Å². The van der Waals surface area contributed by atoms with Crippen molar-refractivity contribution in [2.24, 2.45) is 0 Å². The largest absolute Gasteiger partial charge is 0.421 e. The van der Waals surface area contributed by atoms with Crippen molar-refractivity contribution in [1.82, 2.24) is 0 Å². The van der Waals surface area contributed by atoms with Crippen molar-refractivity contribution in [3.05, 3.63) is 6.42 Å². The molecule has 13 heavy (non-hydrogen) atoms. The van der Waals surface area contributed by atoms with Gasteiger partial charge in [0, 0.05) is 6.61 Å². The first-order valence-electron chi connectivity index (χ1n) is 5.03. The van der Waals surface area contributed by atoms with E-state index in [0.29, 0.717) is 5.73 Å². The first-order valence-corrected chi connectivity index (χ1v) is 9.83. The molecule has 1 unspecified atom stereocenters.